The van der Waals surface area contributed by atoms with Crippen molar-refractivity contribution in [2.45, 2.75) is 13.2 Å². The van der Waals surface area contributed by atoms with Crippen molar-refractivity contribution < 1.29 is 18.6 Å². The number of hydrogen-bond donors (Lipinski definition) is 1. The molecule has 0 unspecified atom stereocenters. The molecule has 0 aromatic heterocycles. The van der Waals surface area contributed by atoms with E-state index in [1.807, 2.05) is 22.6 Å². The van der Waals surface area contributed by atoms with Gasteiger partial charge in [0.25, 0.3) is 0 Å². The third-order valence-corrected chi connectivity index (χ3v) is 2.09. The summed E-state index contributed by atoms with van der Waals surface area (Å²) >= 11 is 1.98. The molecule has 1 aromatic rings. The van der Waals surface area contributed by atoms with Gasteiger partial charge >= 0.3 is 6.61 Å². The molecule has 2 nitrogen and oxygen atoms in total. The maximum atomic E-state index is 11.9. The first-order chi connectivity index (χ1) is 6.13. The van der Waals surface area contributed by atoms with E-state index in [0.717, 1.165) is 3.57 Å². The predicted molar refractivity (Wildman–Crippen MR) is 51.7 cm³/mol. The second-order valence-electron chi connectivity index (χ2n) is 2.29. The number of ether oxygens (including phenoxy) is 1. The molecule has 13 heavy (non-hydrogen) atoms. The smallest absolute Gasteiger partial charge is 0.387 e. The zero-order chi connectivity index (χ0) is 9.84. The van der Waals surface area contributed by atoms with Crippen LogP contribution < -0.4 is 4.74 Å². The number of hydrogen-bond acceptors (Lipinski definition) is 2. The van der Waals surface area contributed by atoms with Gasteiger partial charge in [0.2, 0.25) is 0 Å². The summed E-state index contributed by atoms with van der Waals surface area (Å²) in [6.45, 7) is -3.16. The van der Waals surface area contributed by atoms with Gasteiger partial charge in [-0.05, 0) is 34.7 Å². The van der Waals surface area contributed by atoms with Gasteiger partial charge in [0.1, 0.15) is 5.75 Å². The lowest BCUT2D eigenvalue weighted by molar-refractivity contribution is -0.0509. The highest BCUT2D eigenvalue weighted by atomic mass is 127. The number of aliphatic hydroxyl groups is 1. The van der Waals surface area contributed by atoms with Crippen LogP contribution >= 0.6 is 22.6 Å². The molecule has 0 saturated heterocycles. The third-order valence-electron chi connectivity index (χ3n) is 1.42. The Morgan fingerprint density at radius 3 is 2.69 bits per heavy atom. The van der Waals surface area contributed by atoms with Crippen LogP contribution in [-0.2, 0) is 6.61 Å². The maximum absolute atomic E-state index is 11.9. The van der Waals surface area contributed by atoms with Gasteiger partial charge in [-0.1, -0.05) is 6.07 Å². The molecule has 0 aliphatic rings. The Kier molecular flexibility index (Phi) is 3.86. The Hall–Kier alpha value is -0.430. The van der Waals surface area contributed by atoms with Gasteiger partial charge in [0, 0.05) is 9.13 Å². The van der Waals surface area contributed by atoms with Crippen molar-refractivity contribution >= 4 is 22.6 Å². The van der Waals surface area contributed by atoms with Crippen LogP contribution in [0.2, 0.25) is 0 Å². The van der Waals surface area contributed by atoms with E-state index in [1.54, 1.807) is 12.1 Å². The van der Waals surface area contributed by atoms with E-state index in [9.17, 15) is 8.78 Å². The van der Waals surface area contributed by atoms with Gasteiger partial charge in [-0.15, -0.1) is 0 Å². The van der Waals surface area contributed by atoms with Gasteiger partial charge in [0.05, 0.1) is 6.61 Å². The van der Waals surface area contributed by atoms with Gasteiger partial charge in [-0.2, -0.15) is 8.78 Å². The molecule has 0 bridgehead atoms. The number of benzene rings is 1. The molecule has 0 amide bonds. The van der Waals surface area contributed by atoms with Crippen LogP contribution in [0.4, 0.5) is 8.78 Å². The molecule has 72 valence electrons. The number of alkyl halides is 2. The van der Waals surface area contributed by atoms with Crippen molar-refractivity contribution in [1.29, 1.82) is 0 Å². The Morgan fingerprint density at radius 1 is 1.46 bits per heavy atom. The largest absolute Gasteiger partial charge is 0.434 e. The standard InChI is InChI=1S/C8H7F2IO2/c9-8(10)13-7-3-6(11)2-1-5(7)4-12/h1-3,8,12H,4H2. The Balaban J connectivity index is 2.94. The Labute approximate surface area is 87.7 Å². The van der Waals surface area contributed by atoms with Crippen LogP contribution in [0.25, 0.3) is 0 Å². The van der Waals surface area contributed by atoms with Gasteiger partial charge in [-0.3, -0.25) is 0 Å². The zero-order valence-electron chi connectivity index (χ0n) is 6.51. The number of halogens is 3. The molecule has 0 aliphatic heterocycles. The molecule has 0 aliphatic carbocycles. The molecule has 1 aromatic carbocycles. The van der Waals surface area contributed by atoms with E-state index in [2.05, 4.69) is 4.74 Å². The van der Waals surface area contributed by atoms with Crippen LogP contribution in [0.15, 0.2) is 18.2 Å². The van der Waals surface area contributed by atoms with Crippen molar-refractivity contribution in [2.24, 2.45) is 0 Å². The van der Waals surface area contributed by atoms with Gasteiger partial charge in [-0.25, -0.2) is 0 Å². The second kappa shape index (κ2) is 4.71. The molecule has 1 rings (SSSR count). The minimum Gasteiger partial charge on any atom is -0.434 e. The summed E-state index contributed by atoms with van der Waals surface area (Å²) in [6.07, 6.45) is 0. The van der Waals surface area contributed by atoms with Crippen molar-refractivity contribution in [1.82, 2.24) is 0 Å². The summed E-state index contributed by atoms with van der Waals surface area (Å²) in [4.78, 5) is 0. The van der Waals surface area contributed by atoms with E-state index in [1.165, 1.54) is 6.07 Å². The molecule has 0 saturated carbocycles. The zero-order valence-corrected chi connectivity index (χ0v) is 8.66. The van der Waals surface area contributed by atoms with Crippen LogP contribution in [0.3, 0.4) is 0 Å². The van der Waals surface area contributed by atoms with E-state index >= 15 is 0 Å². The van der Waals surface area contributed by atoms with Crippen molar-refractivity contribution in [3.05, 3.63) is 27.3 Å². The van der Waals surface area contributed by atoms with Crippen LogP contribution in [-0.4, -0.2) is 11.7 Å². The van der Waals surface area contributed by atoms with E-state index in [0.29, 0.717) is 5.56 Å². The third kappa shape index (κ3) is 3.07. The molecule has 0 fully saturated rings. The van der Waals surface area contributed by atoms with Crippen LogP contribution in [0.1, 0.15) is 5.56 Å². The number of rotatable bonds is 3. The Morgan fingerprint density at radius 2 is 2.15 bits per heavy atom. The summed E-state index contributed by atoms with van der Waals surface area (Å²) in [5.41, 5.74) is 0.362. The first-order valence-electron chi connectivity index (χ1n) is 3.47. The summed E-state index contributed by atoms with van der Waals surface area (Å²) < 4.78 is 28.7. The fourth-order valence-electron chi connectivity index (χ4n) is 0.865. The molecular weight excluding hydrogens is 293 g/mol. The van der Waals surface area contributed by atoms with E-state index in [4.69, 9.17) is 5.11 Å². The highest BCUT2D eigenvalue weighted by molar-refractivity contribution is 14.1. The molecule has 0 radical (unpaired) electrons. The topological polar surface area (TPSA) is 29.5 Å². The van der Waals surface area contributed by atoms with Crippen molar-refractivity contribution in [2.75, 3.05) is 0 Å². The maximum Gasteiger partial charge on any atom is 0.387 e. The fraction of sp³-hybridized carbons (Fsp3) is 0.250. The second-order valence-corrected chi connectivity index (χ2v) is 3.53. The summed E-state index contributed by atoms with van der Waals surface area (Å²) in [7, 11) is 0. The quantitative estimate of drug-likeness (QED) is 0.869. The van der Waals surface area contributed by atoms with Crippen LogP contribution in [0, 0.1) is 3.57 Å². The monoisotopic (exact) mass is 300 g/mol. The Bertz CT molecular complexity index is 291. The van der Waals surface area contributed by atoms with Crippen LogP contribution in [0.5, 0.6) is 5.75 Å². The molecule has 0 atom stereocenters. The van der Waals surface area contributed by atoms with Gasteiger partial charge in [0.15, 0.2) is 0 Å². The lowest BCUT2D eigenvalue weighted by atomic mass is 10.2. The highest BCUT2D eigenvalue weighted by Crippen LogP contribution is 2.23. The fourth-order valence-corrected chi connectivity index (χ4v) is 1.33. The number of aliphatic hydroxyl groups excluding tert-OH is 1. The highest BCUT2D eigenvalue weighted by Gasteiger charge is 2.09. The normalized spacial score (nSPS) is 10.5. The lowest BCUT2D eigenvalue weighted by Gasteiger charge is -2.08. The predicted octanol–water partition coefficient (Wildman–Crippen LogP) is 2.38. The molecule has 0 spiro atoms. The first kappa shape index (κ1) is 10.6. The molecular formula is C8H7F2IO2. The molecule has 5 heteroatoms. The minimum atomic E-state index is -2.86. The average Bonchev–Trinajstić information content (AvgIpc) is 2.03. The molecule has 0 heterocycles. The van der Waals surface area contributed by atoms with E-state index < -0.39 is 6.61 Å². The first-order valence-corrected chi connectivity index (χ1v) is 4.55. The van der Waals surface area contributed by atoms with Gasteiger partial charge < -0.3 is 9.84 Å². The minimum absolute atomic E-state index is 0.0319. The lowest BCUT2D eigenvalue weighted by Crippen LogP contribution is -2.04. The summed E-state index contributed by atoms with van der Waals surface area (Å²) in [5, 5.41) is 8.79. The van der Waals surface area contributed by atoms with Crippen molar-refractivity contribution in [3.63, 3.8) is 0 Å². The average molecular weight is 300 g/mol. The van der Waals surface area contributed by atoms with Crippen molar-refractivity contribution in [3.8, 4) is 5.75 Å². The summed E-state index contributed by atoms with van der Waals surface area (Å²) in [5.74, 6) is 0.0319. The summed E-state index contributed by atoms with van der Waals surface area (Å²) in [6, 6.07) is 4.72. The van der Waals surface area contributed by atoms with E-state index in [-0.39, 0.29) is 12.4 Å². The SMILES string of the molecule is OCc1ccc(I)cc1OC(F)F. The molecule has 1 N–H and O–H groups in total.